The molecule has 1 aliphatic carbocycles. The fourth-order valence-corrected chi connectivity index (χ4v) is 8.37. The highest BCUT2D eigenvalue weighted by Gasteiger charge is 2.41. The molecule has 0 saturated heterocycles. The van der Waals surface area contributed by atoms with Crippen LogP contribution in [0.4, 0.5) is 0 Å². The van der Waals surface area contributed by atoms with Crippen molar-refractivity contribution < 1.29 is 0 Å². The molecule has 212 valence electrons. The number of nitrogens with zero attached hydrogens (tertiary/aromatic N) is 3. The molecule has 4 heteroatoms. The van der Waals surface area contributed by atoms with Gasteiger partial charge in [-0.1, -0.05) is 146 Å². The summed E-state index contributed by atoms with van der Waals surface area (Å²) in [6.07, 6.45) is 2.42. The molecule has 2 aliphatic rings. The van der Waals surface area contributed by atoms with E-state index in [0.717, 1.165) is 16.7 Å². The number of rotatable bonds is 4. The number of hydrogen-bond donors (Lipinski definition) is 0. The van der Waals surface area contributed by atoms with Gasteiger partial charge in [0.15, 0.2) is 17.5 Å². The second kappa shape index (κ2) is 10.7. The average Bonchev–Trinajstić information content (AvgIpc) is 3.51. The summed E-state index contributed by atoms with van der Waals surface area (Å²) in [6, 6.07) is 51.3. The molecule has 2 heterocycles. The lowest BCUT2D eigenvalue weighted by atomic mass is 9.75. The Balaban J connectivity index is 1.17. The zero-order valence-electron chi connectivity index (χ0n) is 24.3. The van der Waals surface area contributed by atoms with Crippen molar-refractivity contribution in [2.24, 2.45) is 0 Å². The molecule has 0 radical (unpaired) electrons. The largest absolute Gasteiger partial charge is 0.208 e. The van der Waals surface area contributed by atoms with Gasteiger partial charge in [0.25, 0.3) is 0 Å². The van der Waals surface area contributed by atoms with Crippen LogP contribution >= 0.6 is 11.8 Å². The van der Waals surface area contributed by atoms with Crippen LogP contribution in [0.15, 0.2) is 150 Å². The Hall–Kier alpha value is -5.32. The number of benzene rings is 6. The van der Waals surface area contributed by atoms with Gasteiger partial charge >= 0.3 is 0 Å². The highest BCUT2D eigenvalue weighted by Crippen LogP contribution is 2.62. The Morgan fingerprint density at radius 2 is 1.02 bits per heavy atom. The summed E-state index contributed by atoms with van der Waals surface area (Å²) >= 11 is 2.01. The maximum Gasteiger partial charge on any atom is 0.164 e. The molecule has 3 nitrogen and oxygen atoms in total. The highest BCUT2D eigenvalue weighted by atomic mass is 32.2. The van der Waals surface area contributed by atoms with Crippen LogP contribution in [0.2, 0.25) is 0 Å². The fourth-order valence-electron chi connectivity index (χ4n) is 6.79. The van der Waals surface area contributed by atoms with E-state index < -0.39 is 0 Å². The third-order valence-electron chi connectivity index (χ3n) is 8.92. The third kappa shape index (κ3) is 4.49. The van der Waals surface area contributed by atoms with Crippen molar-refractivity contribution in [1.29, 1.82) is 0 Å². The molecule has 9 rings (SSSR count). The number of allylic oxidation sites excluding steroid dienone is 1. The molecule has 1 aliphatic heterocycles. The van der Waals surface area contributed by atoms with Crippen LogP contribution in [0, 0.1) is 0 Å². The van der Waals surface area contributed by atoms with Gasteiger partial charge in [-0.2, -0.15) is 0 Å². The Morgan fingerprint density at radius 3 is 1.71 bits per heavy atom. The Kier molecular flexibility index (Phi) is 6.20. The molecule has 6 aromatic carbocycles. The third-order valence-corrected chi connectivity index (χ3v) is 10.3. The van der Waals surface area contributed by atoms with Gasteiger partial charge in [0.2, 0.25) is 0 Å². The second-order valence-corrected chi connectivity index (χ2v) is 12.7. The molecular weight excluding hydrogens is 567 g/mol. The lowest BCUT2D eigenvalue weighted by Gasteiger charge is -2.31. The van der Waals surface area contributed by atoms with Crippen molar-refractivity contribution in [3.63, 3.8) is 0 Å². The molecule has 0 N–H and O–H groups in total. The molecule has 0 bridgehead atoms. The van der Waals surface area contributed by atoms with Gasteiger partial charge in [0.1, 0.15) is 0 Å². The number of fused-ring (bicyclic) bond motifs is 7. The van der Waals surface area contributed by atoms with Crippen LogP contribution in [0.5, 0.6) is 0 Å². The molecular formula is C41H27N3S. The number of hydrogen-bond acceptors (Lipinski definition) is 4. The molecule has 45 heavy (non-hydrogen) atoms. The van der Waals surface area contributed by atoms with E-state index in [4.69, 9.17) is 15.0 Å². The lowest BCUT2D eigenvalue weighted by molar-refractivity contribution is 0.843. The van der Waals surface area contributed by atoms with Gasteiger partial charge in [0, 0.05) is 32.8 Å². The van der Waals surface area contributed by atoms with Gasteiger partial charge in [0.05, 0.1) is 0 Å². The molecule has 0 saturated carbocycles. The zero-order valence-corrected chi connectivity index (χ0v) is 25.2. The summed E-state index contributed by atoms with van der Waals surface area (Å²) in [4.78, 5) is 16.1. The first-order chi connectivity index (χ1) is 22.3. The van der Waals surface area contributed by atoms with E-state index in [1.807, 2.05) is 72.4 Å². The summed E-state index contributed by atoms with van der Waals surface area (Å²) in [5, 5.41) is 2.98. The maximum absolute atomic E-state index is 4.94. The van der Waals surface area contributed by atoms with E-state index in [1.54, 1.807) is 0 Å². The van der Waals surface area contributed by atoms with E-state index in [2.05, 4.69) is 91.0 Å². The summed E-state index contributed by atoms with van der Waals surface area (Å²) in [7, 11) is 0. The van der Waals surface area contributed by atoms with Crippen LogP contribution in [0.1, 0.15) is 33.4 Å². The molecule has 0 amide bonds. The van der Waals surface area contributed by atoms with Crippen molar-refractivity contribution in [2.45, 2.75) is 16.1 Å². The molecule has 0 fully saturated rings. The van der Waals surface area contributed by atoms with Crippen molar-refractivity contribution in [1.82, 2.24) is 15.0 Å². The van der Waals surface area contributed by atoms with Crippen molar-refractivity contribution in [3.05, 3.63) is 168 Å². The van der Waals surface area contributed by atoms with Crippen LogP contribution in [-0.4, -0.2) is 15.0 Å². The Morgan fingerprint density at radius 1 is 0.467 bits per heavy atom. The lowest BCUT2D eigenvalue weighted by Crippen LogP contribution is -2.12. The molecule has 2 unspecified atom stereocenters. The first kappa shape index (κ1) is 26.1. The average molecular weight is 594 g/mol. The van der Waals surface area contributed by atoms with Gasteiger partial charge in [-0.25, -0.2) is 15.0 Å². The quantitative estimate of drug-likeness (QED) is 0.204. The summed E-state index contributed by atoms with van der Waals surface area (Å²) in [5.41, 5.74) is 9.67. The molecule has 7 aromatic rings. The van der Waals surface area contributed by atoms with Crippen molar-refractivity contribution >= 4 is 34.2 Å². The van der Waals surface area contributed by atoms with Gasteiger partial charge in [-0.3, -0.25) is 0 Å². The van der Waals surface area contributed by atoms with E-state index in [-0.39, 0.29) is 5.92 Å². The minimum absolute atomic E-state index is 0.280. The van der Waals surface area contributed by atoms with Gasteiger partial charge in [-0.15, -0.1) is 11.8 Å². The smallest absolute Gasteiger partial charge is 0.164 e. The molecule has 0 spiro atoms. The maximum atomic E-state index is 4.94. The summed E-state index contributed by atoms with van der Waals surface area (Å²) in [5.74, 6) is 2.29. The van der Waals surface area contributed by atoms with Crippen molar-refractivity contribution in [3.8, 4) is 34.2 Å². The summed E-state index contributed by atoms with van der Waals surface area (Å²) in [6.45, 7) is 0. The predicted octanol–water partition coefficient (Wildman–Crippen LogP) is 10.5. The highest BCUT2D eigenvalue weighted by molar-refractivity contribution is 8.00. The first-order valence-corrected chi connectivity index (χ1v) is 16.1. The number of thioether (sulfide) groups is 1. The normalized spacial score (nSPS) is 16.5. The molecule has 1 aromatic heterocycles. The van der Waals surface area contributed by atoms with E-state index in [1.165, 1.54) is 43.5 Å². The molecule has 2 atom stereocenters. The minimum atomic E-state index is 0.280. The van der Waals surface area contributed by atoms with E-state index in [0.29, 0.717) is 22.7 Å². The first-order valence-electron chi connectivity index (χ1n) is 15.3. The van der Waals surface area contributed by atoms with Crippen LogP contribution in [0.25, 0.3) is 56.6 Å². The zero-order chi connectivity index (χ0) is 29.7. The SMILES string of the molecule is C1=C(c2ccc(-c3nc(-c4ccccc4)nc(-c4ccccc4)n3)cc2)C2c3ccccc3SC2c2c1ccc1ccccc21. The second-order valence-electron chi connectivity index (χ2n) is 11.6. The van der Waals surface area contributed by atoms with Crippen molar-refractivity contribution in [2.75, 3.05) is 0 Å². The number of aromatic nitrogens is 3. The van der Waals surface area contributed by atoms with Crippen LogP contribution in [0.3, 0.4) is 0 Å². The van der Waals surface area contributed by atoms with Gasteiger partial charge in [-0.05, 0) is 44.7 Å². The van der Waals surface area contributed by atoms with E-state index >= 15 is 0 Å². The Labute approximate surface area is 266 Å². The summed E-state index contributed by atoms with van der Waals surface area (Å²) < 4.78 is 0. The monoisotopic (exact) mass is 593 g/mol. The van der Waals surface area contributed by atoms with Crippen LogP contribution < -0.4 is 0 Å². The van der Waals surface area contributed by atoms with Gasteiger partial charge < -0.3 is 0 Å². The standard InChI is InChI=1S/C41H27N3S/c1-3-12-28(13-4-1)39-42-40(29-14-5-2-6-15-29)44-41(43-39)30-22-19-27(20-23-30)34-25-31-24-21-26-11-7-8-16-32(26)36(31)38-37(34)33-17-9-10-18-35(33)45-38/h1-25,37-38H. The van der Waals surface area contributed by atoms with E-state index in [9.17, 15) is 0 Å². The van der Waals surface area contributed by atoms with Crippen LogP contribution in [-0.2, 0) is 0 Å². The topological polar surface area (TPSA) is 38.7 Å². The Bertz CT molecular complexity index is 2180. The fraction of sp³-hybridized carbons (Fsp3) is 0.0488. The minimum Gasteiger partial charge on any atom is -0.208 e. The predicted molar refractivity (Wildman–Crippen MR) is 186 cm³/mol.